The number of ether oxygens (including phenoxy) is 2. The van der Waals surface area contributed by atoms with E-state index < -0.39 is 0 Å². The molecule has 6 heteroatoms. The Bertz CT molecular complexity index is 782. The van der Waals surface area contributed by atoms with Gasteiger partial charge in [-0.15, -0.1) is 0 Å². The third kappa shape index (κ3) is 3.69. The molecule has 0 bridgehead atoms. The fourth-order valence-corrected chi connectivity index (χ4v) is 3.51. The number of benzene rings is 1. The van der Waals surface area contributed by atoms with Gasteiger partial charge in [-0.1, -0.05) is 0 Å². The third-order valence-corrected chi connectivity index (χ3v) is 5.14. The molecule has 1 amide bonds. The van der Waals surface area contributed by atoms with Crippen LogP contribution in [0.3, 0.4) is 0 Å². The maximum atomic E-state index is 12.5. The third-order valence-electron chi connectivity index (χ3n) is 5.14. The van der Waals surface area contributed by atoms with Crippen molar-refractivity contribution in [1.29, 1.82) is 0 Å². The molecular weight excluding hydrogens is 330 g/mol. The van der Waals surface area contributed by atoms with Gasteiger partial charge in [0.15, 0.2) is 0 Å². The first-order chi connectivity index (χ1) is 12.7. The highest BCUT2D eigenvalue weighted by atomic mass is 16.5. The van der Waals surface area contributed by atoms with Gasteiger partial charge in [0.1, 0.15) is 18.1 Å². The molecule has 6 nitrogen and oxygen atoms in total. The van der Waals surface area contributed by atoms with E-state index in [0.29, 0.717) is 25.5 Å². The quantitative estimate of drug-likeness (QED) is 0.775. The molecule has 1 fully saturated rings. The SMILES string of the molecule is COc1ccc2c(c1)C[C@H](C(=O)NCCCn1nccc1C1CC1)CO2. The minimum Gasteiger partial charge on any atom is -0.497 e. The standard InChI is InChI=1S/C20H25N3O3/c1-25-17-5-6-19-15(12-17)11-16(13-26-19)20(24)21-8-2-10-23-18(7-9-22-23)14-3-4-14/h5-7,9,12,14,16H,2-4,8,10-11,13H2,1H3,(H,21,24)/t16-/m0/s1. The van der Waals surface area contributed by atoms with Crippen LogP contribution in [0.25, 0.3) is 0 Å². The molecule has 26 heavy (non-hydrogen) atoms. The zero-order valence-corrected chi connectivity index (χ0v) is 15.1. The topological polar surface area (TPSA) is 65.4 Å². The first kappa shape index (κ1) is 16.9. The molecule has 1 aromatic carbocycles. The smallest absolute Gasteiger partial charge is 0.226 e. The summed E-state index contributed by atoms with van der Waals surface area (Å²) in [5.41, 5.74) is 2.36. The number of rotatable bonds is 7. The second-order valence-corrected chi connectivity index (χ2v) is 7.08. The Balaban J connectivity index is 1.25. The molecule has 1 aromatic heterocycles. The molecule has 1 atom stereocenters. The van der Waals surface area contributed by atoms with Crippen LogP contribution < -0.4 is 14.8 Å². The van der Waals surface area contributed by atoms with Gasteiger partial charge in [0, 0.05) is 30.9 Å². The Labute approximate surface area is 153 Å². The number of carbonyl (C=O) groups is 1. The van der Waals surface area contributed by atoms with Crippen molar-refractivity contribution in [3.8, 4) is 11.5 Å². The van der Waals surface area contributed by atoms with Crippen molar-refractivity contribution in [2.45, 2.75) is 38.1 Å². The monoisotopic (exact) mass is 355 g/mol. The fourth-order valence-electron chi connectivity index (χ4n) is 3.51. The van der Waals surface area contributed by atoms with Crippen LogP contribution in [-0.4, -0.2) is 35.9 Å². The van der Waals surface area contributed by atoms with Gasteiger partial charge in [-0.05, 0) is 55.5 Å². The lowest BCUT2D eigenvalue weighted by Gasteiger charge is -2.25. The zero-order valence-electron chi connectivity index (χ0n) is 15.1. The van der Waals surface area contributed by atoms with Gasteiger partial charge in [0.05, 0.1) is 13.0 Å². The van der Waals surface area contributed by atoms with E-state index in [0.717, 1.165) is 30.0 Å². The molecule has 0 spiro atoms. The van der Waals surface area contributed by atoms with E-state index in [9.17, 15) is 4.79 Å². The molecule has 1 aliphatic heterocycles. The average Bonchev–Trinajstić information content (AvgIpc) is 3.42. The number of hydrogen-bond acceptors (Lipinski definition) is 4. The summed E-state index contributed by atoms with van der Waals surface area (Å²) in [5.74, 6) is 2.24. The van der Waals surface area contributed by atoms with Crippen LogP contribution in [0.15, 0.2) is 30.5 Å². The van der Waals surface area contributed by atoms with Gasteiger partial charge in [0.25, 0.3) is 0 Å². The molecular formula is C20H25N3O3. The van der Waals surface area contributed by atoms with Gasteiger partial charge in [-0.3, -0.25) is 9.48 Å². The summed E-state index contributed by atoms with van der Waals surface area (Å²) in [5, 5.41) is 7.44. The minimum absolute atomic E-state index is 0.0568. The number of amides is 1. The molecule has 2 aliphatic rings. The van der Waals surface area contributed by atoms with Crippen LogP contribution in [0.1, 0.15) is 36.4 Å². The van der Waals surface area contributed by atoms with Crippen molar-refractivity contribution in [3.05, 3.63) is 41.7 Å². The Morgan fingerprint density at radius 3 is 3.08 bits per heavy atom. The lowest BCUT2D eigenvalue weighted by Crippen LogP contribution is -2.38. The van der Waals surface area contributed by atoms with Crippen molar-refractivity contribution in [1.82, 2.24) is 15.1 Å². The lowest BCUT2D eigenvalue weighted by molar-refractivity contribution is -0.126. The molecule has 1 aliphatic carbocycles. The van der Waals surface area contributed by atoms with Gasteiger partial charge in [0.2, 0.25) is 5.91 Å². The summed E-state index contributed by atoms with van der Waals surface area (Å²) in [7, 11) is 1.64. The van der Waals surface area contributed by atoms with Crippen LogP contribution in [0.2, 0.25) is 0 Å². The maximum absolute atomic E-state index is 12.5. The molecule has 138 valence electrons. The molecule has 0 radical (unpaired) electrons. The van der Waals surface area contributed by atoms with Gasteiger partial charge in [-0.25, -0.2) is 0 Å². The lowest BCUT2D eigenvalue weighted by atomic mass is 9.96. The van der Waals surface area contributed by atoms with Gasteiger partial charge >= 0.3 is 0 Å². The van der Waals surface area contributed by atoms with E-state index in [1.807, 2.05) is 24.4 Å². The van der Waals surface area contributed by atoms with Crippen LogP contribution in [0.5, 0.6) is 11.5 Å². The van der Waals surface area contributed by atoms with E-state index in [1.165, 1.54) is 18.5 Å². The van der Waals surface area contributed by atoms with Crippen LogP contribution in [0.4, 0.5) is 0 Å². The van der Waals surface area contributed by atoms with Crippen LogP contribution in [0, 0.1) is 5.92 Å². The summed E-state index contributed by atoms with van der Waals surface area (Å²) in [4.78, 5) is 12.5. The molecule has 1 saturated carbocycles. The molecule has 2 aromatic rings. The largest absolute Gasteiger partial charge is 0.497 e. The van der Waals surface area contributed by atoms with Crippen molar-refractivity contribution in [2.75, 3.05) is 20.3 Å². The van der Waals surface area contributed by atoms with Gasteiger partial charge < -0.3 is 14.8 Å². The molecule has 0 saturated heterocycles. The molecule has 4 rings (SSSR count). The fraction of sp³-hybridized carbons (Fsp3) is 0.500. The molecule has 2 heterocycles. The van der Waals surface area contributed by atoms with E-state index in [-0.39, 0.29) is 11.8 Å². The predicted molar refractivity (Wildman–Crippen MR) is 97.5 cm³/mol. The second-order valence-electron chi connectivity index (χ2n) is 7.08. The first-order valence-corrected chi connectivity index (χ1v) is 9.33. The number of hydrogen-bond donors (Lipinski definition) is 1. The number of aryl methyl sites for hydroxylation is 1. The number of fused-ring (bicyclic) bond motifs is 1. The minimum atomic E-state index is -0.152. The summed E-state index contributed by atoms with van der Waals surface area (Å²) in [6, 6.07) is 7.85. The van der Waals surface area contributed by atoms with Crippen LogP contribution >= 0.6 is 0 Å². The van der Waals surface area contributed by atoms with Crippen molar-refractivity contribution >= 4 is 5.91 Å². The number of methoxy groups -OCH3 is 1. The highest BCUT2D eigenvalue weighted by Crippen LogP contribution is 2.39. The first-order valence-electron chi connectivity index (χ1n) is 9.33. The molecule has 0 unspecified atom stereocenters. The summed E-state index contributed by atoms with van der Waals surface area (Å²) >= 11 is 0. The zero-order chi connectivity index (χ0) is 17.9. The Hall–Kier alpha value is -2.50. The highest BCUT2D eigenvalue weighted by molar-refractivity contribution is 5.79. The molecule has 1 N–H and O–H groups in total. The summed E-state index contributed by atoms with van der Waals surface area (Å²) in [6.07, 6.45) is 5.98. The van der Waals surface area contributed by atoms with E-state index in [4.69, 9.17) is 9.47 Å². The number of aromatic nitrogens is 2. The van der Waals surface area contributed by atoms with Gasteiger partial charge in [-0.2, -0.15) is 5.10 Å². The van der Waals surface area contributed by atoms with E-state index in [2.05, 4.69) is 21.2 Å². The highest BCUT2D eigenvalue weighted by Gasteiger charge is 2.27. The predicted octanol–water partition coefficient (Wildman–Crippen LogP) is 2.53. The van der Waals surface area contributed by atoms with Crippen molar-refractivity contribution in [2.24, 2.45) is 5.92 Å². The van der Waals surface area contributed by atoms with E-state index >= 15 is 0 Å². The average molecular weight is 355 g/mol. The Morgan fingerprint density at radius 1 is 1.38 bits per heavy atom. The summed E-state index contributed by atoms with van der Waals surface area (Å²) < 4.78 is 13.1. The number of nitrogens with zero attached hydrogens (tertiary/aromatic N) is 2. The summed E-state index contributed by atoms with van der Waals surface area (Å²) in [6.45, 7) is 1.93. The Kier molecular flexibility index (Phi) is 4.82. The van der Waals surface area contributed by atoms with Crippen LogP contribution in [-0.2, 0) is 17.8 Å². The Morgan fingerprint density at radius 2 is 2.27 bits per heavy atom. The second kappa shape index (κ2) is 7.40. The van der Waals surface area contributed by atoms with E-state index in [1.54, 1.807) is 7.11 Å². The van der Waals surface area contributed by atoms with Crippen molar-refractivity contribution < 1.29 is 14.3 Å². The maximum Gasteiger partial charge on any atom is 0.226 e. The normalized spacial score (nSPS) is 18.7. The number of carbonyl (C=O) groups excluding carboxylic acids is 1. The van der Waals surface area contributed by atoms with Crippen molar-refractivity contribution in [3.63, 3.8) is 0 Å². The number of nitrogens with one attached hydrogen (secondary N) is 1.